The zero-order chi connectivity index (χ0) is 22.1. The zero-order valence-corrected chi connectivity index (χ0v) is 20.6. The number of carbonyl (C=O) groups is 1. The predicted molar refractivity (Wildman–Crippen MR) is 130 cm³/mol. The molecule has 178 valence electrons. The number of unbranched alkanes of at least 4 members (excludes halogenated alkanes) is 14. The SMILES string of the molecule is CCCCC=CCCCCCCCCOC(=O)OCCCCCCCCCC(C)C. The highest BCUT2D eigenvalue weighted by molar-refractivity contribution is 5.59. The van der Waals surface area contributed by atoms with Crippen LogP contribution < -0.4 is 0 Å². The van der Waals surface area contributed by atoms with Gasteiger partial charge in [-0.05, 0) is 38.0 Å². The van der Waals surface area contributed by atoms with Crippen LogP contribution in [0.15, 0.2) is 12.2 Å². The number of hydrogen-bond acceptors (Lipinski definition) is 3. The molecule has 3 heteroatoms. The summed E-state index contributed by atoms with van der Waals surface area (Å²) >= 11 is 0. The van der Waals surface area contributed by atoms with Crippen molar-refractivity contribution in [3.63, 3.8) is 0 Å². The molecule has 0 fully saturated rings. The van der Waals surface area contributed by atoms with Crippen LogP contribution >= 0.6 is 0 Å². The van der Waals surface area contributed by atoms with Crippen LogP contribution in [0, 0.1) is 5.92 Å². The first-order valence-electron chi connectivity index (χ1n) is 13.1. The van der Waals surface area contributed by atoms with Gasteiger partial charge >= 0.3 is 6.16 Å². The highest BCUT2D eigenvalue weighted by Crippen LogP contribution is 2.12. The lowest BCUT2D eigenvalue weighted by Gasteiger charge is -2.07. The molecule has 0 aromatic carbocycles. The maximum atomic E-state index is 11.6. The molecule has 0 atom stereocenters. The van der Waals surface area contributed by atoms with Gasteiger partial charge in [0, 0.05) is 0 Å². The molecule has 0 heterocycles. The minimum atomic E-state index is -0.487. The largest absolute Gasteiger partial charge is 0.508 e. The van der Waals surface area contributed by atoms with Crippen molar-refractivity contribution in [1.29, 1.82) is 0 Å². The molecule has 0 radical (unpaired) electrons. The minimum absolute atomic E-state index is 0.487. The maximum absolute atomic E-state index is 11.6. The van der Waals surface area contributed by atoms with Gasteiger partial charge in [0.25, 0.3) is 0 Å². The molecule has 0 aliphatic carbocycles. The number of hydrogen-bond donors (Lipinski definition) is 0. The second-order valence-electron chi connectivity index (χ2n) is 9.13. The van der Waals surface area contributed by atoms with E-state index < -0.39 is 6.16 Å². The van der Waals surface area contributed by atoms with E-state index in [4.69, 9.17) is 9.47 Å². The lowest BCUT2D eigenvalue weighted by Crippen LogP contribution is -2.09. The standard InChI is InChI=1S/C27H52O3/c1-4-5-6-7-8-9-10-11-12-15-18-21-24-29-27(28)30-25-22-19-16-13-14-17-20-23-26(2)3/h7-8,26H,4-6,9-25H2,1-3H3. The first-order chi connectivity index (χ1) is 14.7. The fourth-order valence-corrected chi connectivity index (χ4v) is 3.52. The van der Waals surface area contributed by atoms with E-state index in [1.54, 1.807) is 0 Å². The molecule has 0 aromatic heterocycles. The first-order valence-corrected chi connectivity index (χ1v) is 13.1. The quantitative estimate of drug-likeness (QED) is 0.0986. The third-order valence-corrected chi connectivity index (χ3v) is 5.52. The summed E-state index contributed by atoms with van der Waals surface area (Å²) in [6.45, 7) is 7.82. The summed E-state index contributed by atoms with van der Waals surface area (Å²) in [5.41, 5.74) is 0. The van der Waals surface area contributed by atoms with Crippen molar-refractivity contribution in [2.75, 3.05) is 13.2 Å². The zero-order valence-electron chi connectivity index (χ0n) is 20.6. The van der Waals surface area contributed by atoms with Crippen LogP contribution in [0.2, 0.25) is 0 Å². The van der Waals surface area contributed by atoms with Crippen LogP contribution in [0.4, 0.5) is 4.79 Å². The van der Waals surface area contributed by atoms with E-state index in [-0.39, 0.29) is 0 Å². The van der Waals surface area contributed by atoms with Crippen molar-refractivity contribution >= 4 is 6.16 Å². The Morgan fingerprint density at radius 3 is 1.57 bits per heavy atom. The highest BCUT2D eigenvalue weighted by atomic mass is 16.7. The van der Waals surface area contributed by atoms with Crippen molar-refractivity contribution in [1.82, 2.24) is 0 Å². The number of allylic oxidation sites excluding steroid dienone is 2. The minimum Gasteiger partial charge on any atom is -0.434 e. The summed E-state index contributed by atoms with van der Waals surface area (Å²) in [6.07, 6.45) is 26.5. The van der Waals surface area contributed by atoms with E-state index in [2.05, 4.69) is 32.9 Å². The molecule has 0 unspecified atom stereocenters. The Kier molecular flexibility index (Phi) is 23.5. The Bertz CT molecular complexity index is 376. The molecule has 0 amide bonds. The van der Waals surface area contributed by atoms with E-state index in [1.807, 2.05) is 0 Å². The van der Waals surface area contributed by atoms with E-state index >= 15 is 0 Å². The van der Waals surface area contributed by atoms with E-state index in [1.165, 1.54) is 89.9 Å². The van der Waals surface area contributed by atoms with Crippen LogP contribution in [0.3, 0.4) is 0 Å². The summed E-state index contributed by atoms with van der Waals surface area (Å²) in [4.78, 5) is 11.6. The van der Waals surface area contributed by atoms with Crippen LogP contribution in [0.1, 0.15) is 136 Å². The Morgan fingerprint density at radius 1 is 0.633 bits per heavy atom. The maximum Gasteiger partial charge on any atom is 0.508 e. The van der Waals surface area contributed by atoms with E-state index in [0.29, 0.717) is 13.2 Å². The fourth-order valence-electron chi connectivity index (χ4n) is 3.52. The molecule has 3 nitrogen and oxygen atoms in total. The Labute approximate surface area is 188 Å². The third-order valence-electron chi connectivity index (χ3n) is 5.52. The highest BCUT2D eigenvalue weighted by Gasteiger charge is 2.03. The van der Waals surface area contributed by atoms with Gasteiger partial charge in [-0.15, -0.1) is 0 Å². The second kappa shape index (κ2) is 24.3. The summed E-state index contributed by atoms with van der Waals surface area (Å²) in [7, 11) is 0. The van der Waals surface area contributed by atoms with Crippen LogP contribution in [0.5, 0.6) is 0 Å². The lowest BCUT2D eigenvalue weighted by molar-refractivity contribution is 0.0529. The van der Waals surface area contributed by atoms with Gasteiger partial charge in [0.1, 0.15) is 0 Å². The van der Waals surface area contributed by atoms with E-state index in [0.717, 1.165) is 31.6 Å². The summed E-state index contributed by atoms with van der Waals surface area (Å²) in [5, 5.41) is 0. The van der Waals surface area contributed by atoms with Gasteiger partial charge in [-0.1, -0.05) is 116 Å². The summed E-state index contributed by atoms with van der Waals surface area (Å²) in [5.74, 6) is 0.833. The van der Waals surface area contributed by atoms with Gasteiger partial charge in [-0.2, -0.15) is 0 Å². The molecule has 0 aromatic rings. The van der Waals surface area contributed by atoms with Crippen LogP contribution in [-0.2, 0) is 9.47 Å². The normalized spacial score (nSPS) is 11.5. The molecule has 0 rings (SSSR count). The van der Waals surface area contributed by atoms with Gasteiger partial charge < -0.3 is 9.47 Å². The summed E-state index contributed by atoms with van der Waals surface area (Å²) < 4.78 is 10.3. The lowest BCUT2D eigenvalue weighted by atomic mass is 10.0. The topological polar surface area (TPSA) is 35.5 Å². The van der Waals surface area contributed by atoms with Crippen molar-refractivity contribution in [3.8, 4) is 0 Å². The average Bonchev–Trinajstić information content (AvgIpc) is 2.72. The van der Waals surface area contributed by atoms with Crippen molar-refractivity contribution in [3.05, 3.63) is 12.2 Å². The smallest absolute Gasteiger partial charge is 0.434 e. The molecular formula is C27H52O3. The van der Waals surface area contributed by atoms with Crippen molar-refractivity contribution in [2.24, 2.45) is 5.92 Å². The second-order valence-corrected chi connectivity index (χ2v) is 9.13. The van der Waals surface area contributed by atoms with Gasteiger partial charge in [0.15, 0.2) is 0 Å². The summed E-state index contributed by atoms with van der Waals surface area (Å²) in [6, 6.07) is 0. The Balaban J connectivity index is 3.19. The first kappa shape index (κ1) is 29.0. The third kappa shape index (κ3) is 25.0. The number of ether oxygens (including phenoxy) is 2. The van der Waals surface area contributed by atoms with E-state index in [9.17, 15) is 4.79 Å². The van der Waals surface area contributed by atoms with Gasteiger partial charge in [0.05, 0.1) is 13.2 Å². The van der Waals surface area contributed by atoms with Crippen molar-refractivity contribution < 1.29 is 14.3 Å². The number of carbonyl (C=O) groups excluding carboxylic acids is 1. The molecule has 0 saturated carbocycles. The van der Waals surface area contributed by atoms with Gasteiger partial charge in [-0.25, -0.2) is 4.79 Å². The molecular weight excluding hydrogens is 372 g/mol. The Morgan fingerprint density at radius 2 is 1.07 bits per heavy atom. The van der Waals surface area contributed by atoms with Gasteiger partial charge in [0.2, 0.25) is 0 Å². The van der Waals surface area contributed by atoms with Crippen LogP contribution in [-0.4, -0.2) is 19.4 Å². The molecule has 0 bridgehead atoms. The Hall–Kier alpha value is -0.990. The average molecular weight is 425 g/mol. The molecule has 0 aliphatic rings. The molecule has 0 saturated heterocycles. The molecule has 0 N–H and O–H groups in total. The predicted octanol–water partition coefficient (Wildman–Crippen LogP) is 9.39. The molecule has 0 aliphatic heterocycles. The van der Waals surface area contributed by atoms with Crippen LogP contribution in [0.25, 0.3) is 0 Å². The van der Waals surface area contributed by atoms with Gasteiger partial charge in [-0.3, -0.25) is 0 Å². The molecule has 30 heavy (non-hydrogen) atoms. The monoisotopic (exact) mass is 424 g/mol. The van der Waals surface area contributed by atoms with Crippen molar-refractivity contribution in [2.45, 2.75) is 136 Å². The molecule has 0 spiro atoms. The fraction of sp³-hybridized carbons (Fsp3) is 0.889. The number of rotatable bonds is 22.